The summed E-state index contributed by atoms with van der Waals surface area (Å²) in [7, 11) is 1.25. The van der Waals surface area contributed by atoms with Gasteiger partial charge in [0.05, 0.1) is 39.4 Å². The highest BCUT2D eigenvalue weighted by Gasteiger charge is 2.40. The van der Waals surface area contributed by atoms with Crippen LogP contribution in [0.3, 0.4) is 0 Å². The van der Waals surface area contributed by atoms with E-state index in [0.29, 0.717) is 5.56 Å². The predicted molar refractivity (Wildman–Crippen MR) is 89.4 cm³/mol. The number of carbonyl (C=O) groups excluding carboxylic acids is 2. The number of aromatic hydroxyl groups is 2. The van der Waals surface area contributed by atoms with Crippen molar-refractivity contribution in [3.63, 3.8) is 0 Å². The summed E-state index contributed by atoms with van der Waals surface area (Å²) < 4.78 is 5.00. The van der Waals surface area contributed by atoms with Gasteiger partial charge in [-0.1, -0.05) is 34.8 Å². The summed E-state index contributed by atoms with van der Waals surface area (Å²) in [5.41, 5.74) is -0.704. The topological polar surface area (TPSA) is 83.8 Å². The number of phenolic OH excluding ortho intramolecular Hbond substituents is 2. The van der Waals surface area contributed by atoms with Crippen molar-refractivity contribution in [3.8, 4) is 17.2 Å². The first-order chi connectivity index (χ1) is 11.2. The maximum Gasteiger partial charge on any atom is 0.202 e. The Balaban J connectivity index is 2.49. The highest BCUT2D eigenvalue weighted by atomic mass is 35.5. The zero-order chi connectivity index (χ0) is 17.9. The Hall–Kier alpha value is -1.95. The molecule has 124 valence electrons. The summed E-state index contributed by atoms with van der Waals surface area (Å²) in [6.07, 6.45) is 0. The molecule has 2 aromatic carbocycles. The summed E-state index contributed by atoms with van der Waals surface area (Å²) in [4.78, 5) is 25.7. The lowest BCUT2D eigenvalue weighted by Gasteiger charge is -2.23. The van der Waals surface area contributed by atoms with Crippen LogP contribution in [-0.4, -0.2) is 28.9 Å². The second kappa shape index (κ2) is 5.55. The van der Waals surface area contributed by atoms with Crippen LogP contribution in [-0.2, 0) is 0 Å². The van der Waals surface area contributed by atoms with Gasteiger partial charge in [-0.15, -0.1) is 0 Å². The number of hydrogen-bond acceptors (Lipinski definition) is 5. The van der Waals surface area contributed by atoms with Crippen molar-refractivity contribution < 1.29 is 24.5 Å². The van der Waals surface area contributed by atoms with Gasteiger partial charge in [0.1, 0.15) is 16.5 Å². The molecule has 2 aromatic rings. The first-order valence-corrected chi connectivity index (χ1v) is 7.75. The standard InChI is InChI=1S/C16H9Cl3O5/c1-4-3-5(20)6-7(10(4)17)14(22)8-9(13(6)21)15(23)12(19)16(24-2)11(8)18/h3,20,23H,1-2H3. The predicted octanol–water partition coefficient (Wildman–Crippen LogP) is 4.15. The Labute approximate surface area is 151 Å². The molecule has 5 nitrogen and oxygen atoms in total. The van der Waals surface area contributed by atoms with Crippen molar-refractivity contribution in [2.75, 3.05) is 7.11 Å². The maximum absolute atomic E-state index is 12.9. The van der Waals surface area contributed by atoms with Crippen molar-refractivity contribution in [2.24, 2.45) is 0 Å². The van der Waals surface area contributed by atoms with Crippen LogP contribution in [0.5, 0.6) is 17.2 Å². The zero-order valence-corrected chi connectivity index (χ0v) is 14.6. The lowest BCUT2D eigenvalue weighted by Crippen LogP contribution is -2.23. The van der Waals surface area contributed by atoms with Crippen LogP contribution in [0.1, 0.15) is 37.4 Å². The zero-order valence-electron chi connectivity index (χ0n) is 12.3. The Bertz CT molecular complexity index is 950. The fraction of sp³-hybridized carbons (Fsp3) is 0.125. The summed E-state index contributed by atoms with van der Waals surface area (Å²) in [5.74, 6) is -2.71. The number of aryl methyl sites for hydroxylation is 1. The third-order valence-electron chi connectivity index (χ3n) is 3.85. The average molecular weight is 388 g/mol. The van der Waals surface area contributed by atoms with Gasteiger partial charge in [-0.25, -0.2) is 0 Å². The molecule has 0 saturated heterocycles. The third kappa shape index (κ3) is 2.02. The van der Waals surface area contributed by atoms with Gasteiger partial charge in [-0.05, 0) is 18.6 Å². The van der Waals surface area contributed by atoms with Crippen LogP contribution < -0.4 is 4.74 Å². The number of ether oxygens (including phenoxy) is 1. The highest BCUT2D eigenvalue weighted by molar-refractivity contribution is 6.46. The van der Waals surface area contributed by atoms with Gasteiger partial charge in [0.25, 0.3) is 0 Å². The van der Waals surface area contributed by atoms with Crippen LogP contribution >= 0.6 is 34.8 Å². The van der Waals surface area contributed by atoms with Crippen LogP contribution in [0.15, 0.2) is 6.07 Å². The number of benzene rings is 2. The van der Waals surface area contributed by atoms with Crippen molar-refractivity contribution in [3.05, 3.63) is 49.0 Å². The fourth-order valence-electron chi connectivity index (χ4n) is 2.74. The Kier molecular flexibility index (Phi) is 3.91. The van der Waals surface area contributed by atoms with Crippen molar-refractivity contribution in [1.29, 1.82) is 0 Å². The molecule has 24 heavy (non-hydrogen) atoms. The van der Waals surface area contributed by atoms with Gasteiger partial charge < -0.3 is 14.9 Å². The Morgan fingerprint density at radius 1 is 0.875 bits per heavy atom. The van der Waals surface area contributed by atoms with Gasteiger partial charge >= 0.3 is 0 Å². The minimum Gasteiger partial charge on any atom is -0.507 e. The minimum absolute atomic E-state index is 0.0243. The number of hydrogen-bond donors (Lipinski definition) is 2. The smallest absolute Gasteiger partial charge is 0.202 e. The first kappa shape index (κ1) is 16.9. The molecular weight excluding hydrogens is 379 g/mol. The number of phenols is 2. The van der Waals surface area contributed by atoms with Crippen LogP contribution in [0.4, 0.5) is 0 Å². The fourth-order valence-corrected chi connectivity index (χ4v) is 3.64. The quantitative estimate of drug-likeness (QED) is 0.655. The molecule has 0 bridgehead atoms. The first-order valence-electron chi connectivity index (χ1n) is 6.61. The van der Waals surface area contributed by atoms with Gasteiger partial charge in [0.2, 0.25) is 5.78 Å². The van der Waals surface area contributed by atoms with E-state index >= 15 is 0 Å². The summed E-state index contributed by atoms with van der Waals surface area (Å²) >= 11 is 18.3. The van der Waals surface area contributed by atoms with Crippen molar-refractivity contribution in [2.45, 2.75) is 6.92 Å². The second-order valence-corrected chi connectivity index (χ2v) is 6.33. The number of halogens is 3. The molecule has 0 amide bonds. The van der Waals surface area contributed by atoms with Crippen molar-refractivity contribution in [1.82, 2.24) is 0 Å². The number of carbonyl (C=O) groups is 2. The molecule has 0 fully saturated rings. The van der Waals surface area contributed by atoms with E-state index in [1.165, 1.54) is 13.2 Å². The lowest BCUT2D eigenvalue weighted by molar-refractivity contribution is 0.0974. The minimum atomic E-state index is -0.803. The molecule has 1 aliphatic carbocycles. The van der Waals surface area contributed by atoms with E-state index in [0.717, 1.165) is 0 Å². The Morgan fingerprint density at radius 2 is 1.42 bits per heavy atom. The van der Waals surface area contributed by atoms with Gasteiger partial charge in [0, 0.05) is 0 Å². The van der Waals surface area contributed by atoms with E-state index in [1.54, 1.807) is 6.92 Å². The molecule has 0 spiro atoms. The Morgan fingerprint density at radius 3 is 2.00 bits per heavy atom. The van der Waals surface area contributed by atoms with E-state index < -0.39 is 28.6 Å². The summed E-state index contributed by atoms with van der Waals surface area (Å²) in [6.45, 7) is 1.58. The molecule has 0 aromatic heterocycles. The molecule has 0 saturated carbocycles. The van der Waals surface area contributed by atoms with E-state index in [-0.39, 0.29) is 37.5 Å². The number of ketones is 2. The van der Waals surface area contributed by atoms with Crippen LogP contribution in [0.25, 0.3) is 0 Å². The van der Waals surface area contributed by atoms with E-state index in [1.807, 2.05) is 0 Å². The lowest BCUT2D eigenvalue weighted by atomic mass is 9.82. The largest absolute Gasteiger partial charge is 0.507 e. The molecule has 0 radical (unpaired) electrons. The third-order valence-corrected chi connectivity index (χ3v) is 5.05. The number of methoxy groups -OCH3 is 1. The molecular formula is C16H9Cl3O5. The monoisotopic (exact) mass is 386 g/mol. The van der Waals surface area contributed by atoms with E-state index in [9.17, 15) is 19.8 Å². The average Bonchev–Trinajstić information content (AvgIpc) is 2.52. The molecule has 8 heteroatoms. The number of fused-ring (bicyclic) bond motifs is 2. The van der Waals surface area contributed by atoms with Gasteiger partial charge in [0.15, 0.2) is 11.5 Å². The molecule has 0 heterocycles. The maximum atomic E-state index is 12.9. The molecule has 0 aliphatic heterocycles. The van der Waals surface area contributed by atoms with Crippen LogP contribution in [0, 0.1) is 6.92 Å². The molecule has 0 atom stereocenters. The molecule has 3 rings (SSSR count). The molecule has 0 unspecified atom stereocenters. The molecule has 2 N–H and O–H groups in total. The van der Waals surface area contributed by atoms with Crippen LogP contribution in [0.2, 0.25) is 15.1 Å². The SMILES string of the molecule is COc1c(Cl)c(O)c2c(c1Cl)C(=O)c1c(Cl)c(C)cc(O)c1C2=O. The summed E-state index contributed by atoms with van der Waals surface area (Å²) in [6, 6.07) is 1.27. The van der Waals surface area contributed by atoms with Gasteiger partial charge in [-0.2, -0.15) is 0 Å². The van der Waals surface area contributed by atoms with Crippen molar-refractivity contribution >= 4 is 46.4 Å². The van der Waals surface area contributed by atoms with E-state index in [4.69, 9.17) is 39.5 Å². The second-order valence-electron chi connectivity index (χ2n) is 5.19. The summed E-state index contributed by atoms with van der Waals surface area (Å²) in [5, 5.41) is 19.9. The number of rotatable bonds is 1. The highest BCUT2D eigenvalue weighted by Crippen LogP contribution is 2.50. The van der Waals surface area contributed by atoms with Gasteiger partial charge in [-0.3, -0.25) is 9.59 Å². The normalized spacial score (nSPS) is 12.9. The molecule has 1 aliphatic rings. The van der Waals surface area contributed by atoms with E-state index in [2.05, 4.69) is 0 Å².